The SMILES string of the molecule is CCN(Cc1ccc(Cl)s1)C(=O)/C=C/c1ccc(Oc2cccnc2)c(F)c1. The van der Waals surface area contributed by atoms with Gasteiger partial charge in [-0.25, -0.2) is 4.39 Å². The van der Waals surface area contributed by atoms with E-state index in [0.29, 0.717) is 28.7 Å². The molecule has 2 aromatic heterocycles. The Morgan fingerprint density at radius 1 is 1.32 bits per heavy atom. The summed E-state index contributed by atoms with van der Waals surface area (Å²) in [6.45, 7) is 2.96. The zero-order valence-electron chi connectivity index (χ0n) is 15.1. The van der Waals surface area contributed by atoms with Crippen LogP contribution < -0.4 is 4.74 Å². The van der Waals surface area contributed by atoms with Gasteiger partial charge in [0.15, 0.2) is 11.6 Å². The quantitative estimate of drug-likeness (QED) is 0.458. The van der Waals surface area contributed by atoms with E-state index >= 15 is 0 Å². The minimum absolute atomic E-state index is 0.0984. The van der Waals surface area contributed by atoms with Gasteiger partial charge in [0.05, 0.1) is 17.1 Å². The highest BCUT2D eigenvalue weighted by atomic mass is 35.5. The number of halogens is 2. The molecule has 0 radical (unpaired) electrons. The summed E-state index contributed by atoms with van der Waals surface area (Å²) in [6.07, 6.45) is 6.14. The first-order valence-corrected chi connectivity index (χ1v) is 9.83. The first-order valence-electron chi connectivity index (χ1n) is 8.64. The van der Waals surface area contributed by atoms with Gasteiger partial charge in [-0.2, -0.15) is 0 Å². The molecule has 3 aromatic rings. The Bertz CT molecular complexity index is 976. The number of amides is 1. The monoisotopic (exact) mass is 416 g/mol. The second kappa shape index (κ2) is 9.48. The first kappa shape index (κ1) is 20.0. The molecule has 0 aliphatic rings. The number of carbonyl (C=O) groups excluding carboxylic acids is 1. The van der Waals surface area contributed by atoms with Gasteiger partial charge < -0.3 is 9.64 Å². The van der Waals surface area contributed by atoms with Crippen LogP contribution in [0.4, 0.5) is 4.39 Å². The van der Waals surface area contributed by atoms with Crippen LogP contribution in [-0.2, 0) is 11.3 Å². The summed E-state index contributed by atoms with van der Waals surface area (Å²) in [4.78, 5) is 19.1. The summed E-state index contributed by atoms with van der Waals surface area (Å²) in [5.41, 5.74) is 0.569. The molecule has 1 aromatic carbocycles. The lowest BCUT2D eigenvalue weighted by molar-refractivity contribution is -0.126. The van der Waals surface area contributed by atoms with Crippen molar-refractivity contribution in [3.05, 3.63) is 81.5 Å². The molecule has 1 amide bonds. The summed E-state index contributed by atoms with van der Waals surface area (Å²) in [6, 6.07) is 11.7. The van der Waals surface area contributed by atoms with Crippen LogP contribution >= 0.6 is 22.9 Å². The van der Waals surface area contributed by atoms with Gasteiger partial charge in [0.1, 0.15) is 5.75 Å². The highest BCUT2D eigenvalue weighted by molar-refractivity contribution is 7.16. The average Bonchev–Trinajstić information content (AvgIpc) is 3.11. The van der Waals surface area contributed by atoms with Crippen molar-refractivity contribution in [1.82, 2.24) is 9.88 Å². The van der Waals surface area contributed by atoms with Crippen LogP contribution in [0.25, 0.3) is 6.08 Å². The first-order chi connectivity index (χ1) is 13.5. The van der Waals surface area contributed by atoms with Crippen LogP contribution in [0.2, 0.25) is 4.34 Å². The predicted molar refractivity (Wildman–Crippen MR) is 110 cm³/mol. The van der Waals surface area contributed by atoms with E-state index < -0.39 is 5.82 Å². The second-order valence-electron chi connectivity index (χ2n) is 5.87. The summed E-state index contributed by atoms with van der Waals surface area (Å²) < 4.78 is 20.4. The van der Waals surface area contributed by atoms with Gasteiger partial charge >= 0.3 is 0 Å². The van der Waals surface area contributed by atoms with Gasteiger partial charge in [-0.15, -0.1) is 11.3 Å². The minimum atomic E-state index is -0.515. The molecule has 0 saturated heterocycles. The van der Waals surface area contributed by atoms with Crippen LogP contribution in [-0.4, -0.2) is 22.3 Å². The lowest BCUT2D eigenvalue weighted by Gasteiger charge is -2.18. The van der Waals surface area contributed by atoms with E-state index in [2.05, 4.69) is 4.98 Å². The van der Waals surface area contributed by atoms with Gasteiger partial charge in [0, 0.05) is 23.7 Å². The molecule has 0 bridgehead atoms. The number of hydrogen-bond donors (Lipinski definition) is 0. The number of benzene rings is 1. The van der Waals surface area contributed by atoms with Gasteiger partial charge in [0.25, 0.3) is 0 Å². The van der Waals surface area contributed by atoms with Crippen molar-refractivity contribution in [3.63, 3.8) is 0 Å². The van der Waals surface area contributed by atoms with Gasteiger partial charge in [-0.05, 0) is 55.0 Å². The molecule has 0 saturated carbocycles. The third-order valence-corrected chi connectivity index (χ3v) is 5.12. The molecule has 0 unspecified atom stereocenters. The topological polar surface area (TPSA) is 42.4 Å². The van der Waals surface area contributed by atoms with Crippen LogP contribution in [0.15, 0.2) is 60.9 Å². The Kier molecular flexibility index (Phi) is 6.79. The summed E-state index contributed by atoms with van der Waals surface area (Å²) in [5.74, 6) is -0.115. The molecule has 0 fully saturated rings. The van der Waals surface area contributed by atoms with Crippen LogP contribution in [0.5, 0.6) is 11.5 Å². The molecule has 0 atom stereocenters. The highest BCUT2D eigenvalue weighted by Crippen LogP contribution is 2.25. The Labute approximate surface area is 171 Å². The van der Waals surface area contributed by atoms with Crippen molar-refractivity contribution < 1.29 is 13.9 Å². The van der Waals surface area contributed by atoms with E-state index in [-0.39, 0.29) is 11.7 Å². The van der Waals surface area contributed by atoms with Crippen LogP contribution in [0, 0.1) is 5.82 Å². The fourth-order valence-corrected chi connectivity index (χ4v) is 3.58. The van der Waals surface area contributed by atoms with Crippen molar-refractivity contribution in [2.24, 2.45) is 0 Å². The highest BCUT2D eigenvalue weighted by Gasteiger charge is 2.11. The molecular formula is C21H18ClFN2O2S. The number of nitrogens with zero attached hydrogens (tertiary/aromatic N) is 2. The lowest BCUT2D eigenvalue weighted by atomic mass is 10.2. The zero-order valence-corrected chi connectivity index (χ0v) is 16.7. The summed E-state index contributed by atoms with van der Waals surface area (Å²) in [7, 11) is 0. The van der Waals surface area contributed by atoms with Crippen molar-refractivity contribution in [2.45, 2.75) is 13.5 Å². The number of ether oxygens (including phenoxy) is 1. The van der Waals surface area contributed by atoms with E-state index in [1.54, 1.807) is 35.4 Å². The molecule has 7 heteroatoms. The summed E-state index contributed by atoms with van der Waals surface area (Å²) in [5, 5.41) is 0. The normalized spacial score (nSPS) is 11.0. The standard InChI is InChI=1S/C21H18ClFN2O2S/c1-2-25(14-17-7-9-20(22)28-17)21(26)10-6-15-5-8-19(18(23)12-15)27-16-4-3-11-24-13-16/h3-13H,2,14H2,1H3/b10-6+. The number of aromatic nitrogens is 1. The lowest BCUT2D eigenvalue weighted by Crippen LogP contribution is -2.28. The molecule has 3 rings (SSSR count). The number of carbonyl (C=O) groups is 1. The molecule has 0 N–H and O–H groups in total. The minimum Gasteiger partial charge on any atom is -0.453 e. The molecule has 4 nitrogen and oxygen atoms in total. The predicted octanol–water partition coefficient (Wildman–Crippen LogP) is 5.79. The molecule has 0 spiro atoms. The third kappa shape index (κ3) is 5.41. The number of hydrogen-bond acceptors (Lipinski definition) is 4. The van der Waals surface area contributed by atoms with Crippen molar-refractivity contribution in [3.8, 4) is 11.5 Å². The largest absolute Gasteiger partial charge is 0.453 e. The number of thiophene rings is 1. The van der Waals surface area contributed by atoms with E-state index in [9.17, 15) is 9.18 Å². The fraction of sp³-hybridized carbons (Fsp3) is 0.143. The number of pyridine rings is 1. The second-order valence-corrected chi connectivity index (χ2v) is 7.67. The van der Waals surface area contributed by atoms with Gasteiger partial charge in [-0.1, -0.05) is 17.7 Å². The molecule has 0 aliphatic carbocycles. The molecule has 0 aliphatic heterocycles. The fourth-order valence-electron chi connectivity index (χ4n) is 2.48. The number of likely N-dealkylation sites (N-methyl/N-ethyl adjacent to an activating group) is 1. The Balaban J connectivity index is 1.65. The van der Waals surface area contributed by atoms with Gasteiger partial charge in [-0.3, -0.25) is 9.78 Å². The maximum absolute atomic E-state index is 14.3. The van der Waals surface area contributed by atoms with Gasteiger partial charge in [0.2, 0.25) is 5.91 Å². The third-order valence-electron chi connectivity index (χ3n) is 3.91. The molecule has 28 heavy (non-hydrogen) atoms. The Morgan fingerprint density at radius 3 is 2.82 bits per heavy atom. The Hall–Kier alpha value is -2.70. The van der Waals surface area contributed by atoms with E-state index in [0.717, 1.165) is 4.88 Å². The van der Waals surface area contributed by atoms with Crippen molar-refractivity contribution in [1.29, 1.82) is 0 Å². The molecule has 2 heterocycles. The average molecular weight is 417 g/mol. The maximum Gasteiger partial charge on any atom is 0.246 e. The van der Waals surface area contributed by atoms with E-state index in [1.807, 2.05) is 19.1 Å². The van der Waals surface area contributed by atoms with Crippen LogP contribution in [0.3, 0.4) is 0 Å². The molecular weight excluding hydrogens is 399 g/mol. The van der Waals surface area contributed by atoms with Crippen molar-refractivity contribution >= 4 is 34.9 Å². The smallest absolute Gasteiger partial charge is 0.246 e. The molecule has 144 valence electrons. The van der Waals surface area contributed by atoms with Crippen LogP contribution in [0.1, 0.15) is 17.4 Å². The maximum atomic E-state index is 14.3. The number of rotatable bonds is 7. The summed E-state index contributed by atoms with van der Waals surface area (Å²) >= 11 is 7.39. The zero-order chi connectivity index (χ0) is 19.9. The van der Waals surface area contributed by atoms with E-state index in [4.69, 9.17) is 16.3 Å². The van der Waals surface area contributed by atoms with E-state index in [1.165, 1.54) is 35.7 Å². The Morgan fingerprint density at radius 2 is 2.18 bits per heavy atom. The van der Waals surface area contributed by atoms with Crippen molar-refractivity contribution in [2.75, 3.05) is 6.54 Å².